The van der Waals surface area contributed by atoms with Gasteiger partial charge in [-0.15, -0.1) is 0 Å². The second-order valence-corrected chi connectivity index (χ2v) is 3.87. The van der Waals surface area contributed by atoms with Crippen molar-refractivity contribution in [3.8, 4) is 0 Å². The first-order valence-corrected chi connectivity index (χ1v) is 4.71. The van der Waals surface area contributed by atoms with Crippen molar-refractivity contribution >= 4 is 5.78 Å². The van der Waals surface area contributed by atoms with E-state index >= 15 is 0 Å². The third-order valence-corrected chi connectivity index (χ3v) is 2.98. The number of rotatable bonds is 3. The zero-order valence-corrected chi connectivity index (χ0v) is 8.08. The maximum absolute atomic E-state index is 11.9. The van der Waals surface area contributed by atoms with E-state index in [0.717, 1.165) is 24.8 Å². The van der Waals surface area contributed by atoms with E-state index in [4.69, 9.17) is 0 Å². The molecule has 1 aliphatic carbocycles. The first-order chi connectivity index (χ1) is 6.18. The van der Waals surface area contributed by atoms with E-state index in [-0.39, 0.29) is 11.2 Å². The third kappa shape index (κ3) is 1.28. The van der Waals surface area contributed by atoms with Crippen molar-refractivity contribution in [2.45, 2.75) is 26.2 Å². The summed E-state index contributed by atoms with van der Waals surface area (Å²) in [4.78, 5) is 11.9. The average Bonchev–Trinajstić information content (AvgIpc) is 2.82. The minimum absolute atomic E-state index is 0.0248. The molecule has 1 fully saturated rings. The number of carbonyl (C=O) groups excluding carboxylic acids is 1. The van der Waals surface area contributed by atoms with Gasteiger partial charge in [-0.25, -0.2) is 0 Å². The Morgan fingerprint density at radius 1 is 1.69 bits per heavy atom. The predicted octanol–water partition coefficient (Wildman–Crippen LogP) is 1.79. The maximum Gasteiger partial charge on any atom is 0.172 e. The minimum atomic E-state index is -0.0248. The second kappa shape index (κ2) is 2.69. The van der Waals surface area contributed by atoms with E-state index in [2.05, 4.69) is 12.0 Å². The van der Waals surface area contributed by atoms with Crippen molar-refractivity contribution in [1.82, 2.24) is 9.78 Å². The van der Waals surface area contributed by atoms with E-state index in [1.807, 2.05) is 7.05 Å². The smallest absolute Gasteiger partial charge is 0.172 e. The summed E-state index contributed by atoms with van der Waals surface area (Å²) < 4.78 is 1.68. The predicted molar refractivity (Wildman–Crippen MR) is 49.5 cm³/mol. The van der Waals surface area contributed by atoms with Crippen molar-refractivity contribution in [2.75, 3.05) is 0 Å². The number of ketones is 1. The highest BCUT2D eigenvalue weighted by atomic mass is 16.1. The Kier molecular flexibility index (Phi) is 1.75. The van der Waals surface area contributed by atoms with Crippen molar-refractivity contribution in [1.29, 1.82) is 0 Å². The molecular weight excluding hydrogens is 164 g/mol. The van der Waals surface area contributed by atoms with Gasteiger partial charge >= 0.3 is 0 Å². The van der Waals surface area contributed by atoms with E-state index in [1.54, 1.807) is 17.1 Å². The summed E-state index contributed by atoms with van der Waals surface area (Å²) in [6.45, 7) is 2.08. The highest BCUT2D eigenvalue weighted by Gasteiger charge is 2.48. The summed E-state index contributed by atoms with van der Waals surface area (Å²) in [5.41, 5.74) is 0.741. The molecule has 70 valence electrons. The van der Waals surface area contributed by atoms with Crippen LogP contribution in [0.15, 0.2) is 12.4 Å². The molecule has 0 saturated heterocycles. The summed E-state index contributed by atoms with van der Waals surface area (Å²) in [5.74, 6) is 0.281. The lowest BCUT2D eigenvalue weighted by Gasteiger charge is -2.07. The van der Waals surface area contributed by atoms with Crippen molar-refractivity contribution in [3.63, 3.8) is 0 Å². The Morgan fingerprint density at radius 3 is 2.77 bits per heavy atom. The van der Waals surface area contributed by atoms with E-state index < -0.39 is 0 Å². The Morgan fingerprint density at radius 2 is 2.38 bits per heavy atom. The van der Waals surface area contributed by atoms with E-state index in [9.17, 15) is 4.79 Å². The second-order valence-electron chi connectivity index (χ2n) is 3.87. The first-order valence-electron chi connectivity index (χ1n) is 4.71. The van der Waals surface area contributed by atoms with Gasteiger partial charge in [-0.1, -0.05) is 6.92 Å². The van der Waals surface area contributed by atoms with Crippen LogP contribution >= 0.6 is 0 Å². The van der Waals surface area contributed by atoms with Crippen molar-refractivity contribution < 1.29 is 4.79 Å². The molecule has 3 nitrogen and oxygen atoms in total. The maximum atomic E-state index is 11.9. The van der Waals surface area contributed by atoms with Gasteiger partial charge in [0.25, 0.3) is 0 Å². The van der Waals surface area contributed by atoms with Crippen LogP contribution in [0.2, 0.25) is 0 Å². The van der Waals surface area contributed by atoms with Crippen molar-refractivity contribution in [3.05, 3.63) is 18.0 Å². The molecule has 2 rings (SSSR count). The number of hydrogen-bond acceptors (Lipinski definition) is 2. The van der Waals surface area contributed by atoms with E-state index in [1.165, 1.54) is 0 Å². The van der Waals surface area contributed by atoms with Crippen LogP contribution < -0.4 is 0 Å². The molecule has 13 heavy (non-hydrogen) atoms. The Balaban J connectivity index is 2.23. The van der Waals surface area contributed by atoms with Crippen LogP contribution in [0.1, 0.15) is 36.5 Å². The molecule has 0 atom stereocenters. The molecule has 0 aromatic carbocycles. The number of aromatic nitrogens is 2. The van der Waals surface area contributed by atoms with Crippen LogP contribution in [0.3, 0.4) is 0 Å². The Hall–Kier alpha value is -1.12. The van der Waals surface area contributed by atoms with Gasteiger partial charge in [0, 0.05) is 18.7 Å². The first kappa shape index (κ1) is 8.48. The van der Waals surface area contributed by atoms with Gasteiger partial charge in [0.05, 0.1) is 11.8 Å². The highest BCUT2D eigenvalue weighted by molar-refractivity contribution is 6.01. The molecule has 0 unspecified atom stereocenters. The Bertz CT molecular complexity index is 336. The fourth-order valence-corrected chi connectivity index (χ4v) is 1.74. The van der Waals surface area contributed by atoms with Crippen LogP contribution in [0.25, 0.3) is 0 Å². The van der Waals surface area contributed by atoms with Gasteiger partial charge in [0.1, 0.15) is 0 Å². The third-order valence-electron chi connectivity index (χ3n) is 2.98. The zero-order valence-electron chi connectivity index (χ0n) is 8.08. The summed E-state index contributed by atoms with van der Waals surface area (Å²) in [7, 11) is 1.84. The number of nitrogens with zero attached hydrogens (tertiary/aromatic N) is 2. The molecule has 0 spiro atoms. The molecule has 0 bridgehead atoms. The number of hydrogen-bond donors (Lipinski definition) is 0. The normalized spacial score (nSPS) is 18.6. The topological polar surface area (TPSA) is 34.9 Å². The SMILES string of the molecule is CCC1(C(=O)c2cnn(C)c2)CC1. The average molecular weight is 178 g/mol. The summed E-state index contributed by atoms with van der Waals surface area (Å²) in [5, 5.41) is 4.01. The number of Topliss-reactive ketones (excluding diaryl/α,β-unsaturated/α-hetero) is 1. The van der Waals surface area contributed by atoms with Gasteiger partial charge in [-0.2, -0.15) is 5.10 Å². The summed E-state index contributed by atoms with van der Waals surface area (Å²) in [6, 6.07) is 0. The lowest BCUT2D eigenvalue weighted by atomic mass is 9.94. The van der Waals surface area contributed by atoms with Gasteiger partial charge in [0.2, 0.25) is 0 Å². The molecule has 1 aromatic heterocycles. The fraction of sp³-hybridized carbons (Fsp3) is 0.600. The molecule has 1 aromatic rings. The molecular formula is C10H14N2O. The lowest BCUT2D eigenvalue weighted by Crippen LogP contribution is -2.14. The molecule has 0 radical (unpaired) electrons. The monoisotopic (exact) mass is 178 g/mol. The standard InChI is InChI=1S/C10H14N2O/c1-3-10(4-5-10)9(13)8-6-11-12(2)7-8/h6-7H,3-5H2,1-2H3. The summed E-state index contributed by atoms with van der Waals surface area (Å²) in [6.07, 6.45) is 6.53. The van der Waals surface area contributed by atoms with Crippen molar-refractivity contribution in [2.24, 2.45) is 12.5 Å². The minimum Gasteiger partial charge on any atom is -0.293 e. The van der Waals surface area contributed by atoms with Crippen LogP contribution in [-0.2, 0) is 7.05 Å². The van der Waals surface area contributed by atoms with Crippen LogP contribution in [0.4, 0.5) is 0 Å². The molecule has 0 N–H and O–H groups in total. The van der Waals surface area contributed by atoms with Crippen LogP contribution in [-0.4, -0.2) is 15.6 Å². The quantitative estimate of drug-likeness (QED) is 0.661. The van der Waals surface area contributed by atoms with Crippen LogP contribution in [0.5, 0.6) is 0 Å². The van der Waals surface area contributed by atoms with Crippen LogP contribution in [0, 0.1) is 5.41 Å². The molecule has 0 aliphatic heterocycles. The van der Waals surface area contributed by atoms with Gasteiger partial charge in [0.15, 0.2) is 5.78 Å². The molecule has 0 amide bonds. The number of carbonyl (C=O) groups is 1. The molecule has 1 saturated carbocycles. The van der Waals surface area contributed by atoms with Gasteiger partial charge < -0.3 is 0 Å². The fourth-order valence-electron chi connectivity index (χ4n) is 1.74. The van der Waals surface area contributed by atoms with E-state index in [0.29, 0.717) is 0 Å². The summed E-state index contributed by atoms with van der Waals surface area (Å²) >= 11 is 0. The number of aryl methyl sites for hydroxylation is 1. The largest absolute Gasteiger partial charge is 0.293 e. The molecule has 1 aliphatic rings. The molecule has 1 heterocycles. The van der Waals surface area contributed by atoms with Gasteiger partial charge in [-0.3, -0.25) is 9.48 Å². The lowest BCUT2D eigenvalue weighted by molar-refractivity contribution is 0.0896. The zero-order chi connectivity index (χ0) is 9.47. The van der Waals surface area contributed by atoms with Gasteiger partial charge in [-0.05, 0) is 19.3 Å². The highest BCUT2D eigenvalue weighted by Crippen LogP contribution is 2.50. The Labute approximate surface area is 77.7 Å². The molecule has 3 heteroatoms.